The molecule has 0 aliphatic rings. The minimum Gasteiger partial charge on any atom is -0.464 e. The molecule has 0 heterocycles. The largest absolute Gasteiger partial charge is 0.464 e. The van der Waals surface area contributed by atoms with Gasteiger partial charge in [-0.15, -0.1) is 0 Å². The normalized spacial score (nSPS) is 12.0. The first-order chi connectivity index (χ1) is 11.2. The Morgan fingerprint density at radius 1 is 0.957 bits per heavy atom. The van der Waals surface area contributed by atoms with Crippen LogP contribution in [0, 0.1) is 0 Å². The highest BCUT2D eigenvalue weighted by molar-refractivity contribution is 5.84. The molecule has 136 valence electrons. The van der Waals surface area contributed by atoms with Crippen LogP contribution in [0.15, 0.2) is 0 Å². The highest BCUT2D eigenvalue weighted by Crippen LogP contribution is 2.09. The summed E-state index contributed by atoms with van der Waals surface area (Å²) in [6.07, 6.45) is 11.0. The molecule has 23 heavy (non-hydrogen) atoms. The summed E-state index contributed by atoms with van der Waals surface area (Å²) in [5, 5.41) is 2.82. The maximum atomic E-state index is 12.0. The Bertz CT molecular complexity index is 309. The Hall–Kier alpha value is -1.10. The first-order valence-corrected chi connectivity index (χ1v) is 9.31. The second kappa shape index (κ2) is 15.8. The lowest BCUT2D eigenvalue weighted by Gasteiger charge is -2.17. The van der Waals surface area contributed by atoms with Crippen molar-refractivity contribution in [2.75, 3.05) is 13.2 Å². The van der Waals surface area contributed by atoms with Gasteiger partial charge in [-0.2, -0.15) is 0 Å². The number of rotatable bonds is 15. The van der Waals surface area contributed by atoms with Crippen molar-refractivity contribution in [2.45, 2.75) is 90.5 Å². The third kappa shape index (κ3) is 13.1. The highest BCUT2D eigenvalue weighted by Gasteiger charge is 2.21. The Labute approximate surface area is 141 Å². The van der Waals surface area contributed by atoms with Crippen molar-refractivity contribution in [3.63, 3.8) is 0 Å². The molecule has 0 aliphatic carbocycles. The molecule has 5 heteroatoms. The van der Waals surface area contributed by atoms with E-state index in [9.17, 15) is 9.59 Å². The van der Waals surface area contributed by atoms with Gasteiger partial charge in [-0.05, 0) is 39.2 Å². The monoisotopic (exact) mass is 328 g/mol. The number of esters is 1. The fourth-order valence-electron chi connectivity index (χ4n) is 2.49. The quantitative estimate of drug-likeness (QED) is 0.357. The van der Waals surface area contributed by atoms with E-state index < -0.39 is 6.04 Å². The number of carbonyl (C=O) groups excluding carboxylic acids is 2. The smallest absolute Gasteiger partial charge is 0.328 e. The van der Waals surface area contributed by atoms with Crippen LogP contribution < -0.4 is 11.1 Å². The molecular formula is C18H36N2O3. The SMILES string of the molecule is CCCCCCCCCC(=O)N[C@@H](CCCCN)C(=O)OCC. The number of carbonyl (C=O) groups is 2. The van der Waals surface area contributed by atoms with Gasteiger partial charge in [0.15, 0.2) is 0 Å². The number of amides is 1. The van der Waals surface area contributed by atoms with E-state index in [0.717, 1.165) is 25.7 Å². The van der Waals surface area contributed by atoms with E-state index in [-0.39, 0.29) is 11.9 Å². The zero-order valence-electron chi connectivity index (χ0n) is 15.1. The maximum Gasteiger partial charge on any atom is 0.328 e. The summed E-state index contributed by atoms with van der Waals surface area (Å²) < 4.78 is 5.03. The van der Waals surface area contributed by atoms with Crippen LogP contribution in [0.5, 0.6) is 0 Å². The second-order valence-corrected chi connectivity index (χ2v) is 6.03. The fourth-order valence-corrected chi connectivity index (χ4v) is 2.49. The molecular weight excluding hydrogens is 292 g/mol. The minimum atomic E-state index is -0.529. The summed E-state index contributed by atoms with van der Waals surface area (Å²) in [6, 6.07) is -0.529. The third-order valence-electron chi connectivity index (χ3n) is 3.86. The summed E-state index contributed by atoms with van der Waals surface area (Å²) in [5.74, 6) is -0.387. The lowest BCUT2D eigenvalue weighted by molar-refractivity contribution is -0.147. The van der Waals surface area contributed by atoms with Gasteiger partial charge in [0, 0.05) is 6.42 Å². The fraction of sp³-hybridized carbons (Fsp3) is 0.889. The van der Waals surface area contributed by atoms with Crippen molar-refractivity contribution < 1.29 is 14.3 Å². The number of unbranched alkanes of at least 4 members (excludes halogenated alkanes) is 7. The van der Waals surface area contributed by atoms with Gasteiger partial charge >= 0.3 is 5.97 Å². The molecule has 0 rings (SSSR count). The maximum absolute atomic E-state index is 12.0. The number of hydrogen-bond donors (Lipinski definition) is 2. The van der Waals surface area contributed by atoms with Crippen LogP contribution in [0.4, 0.5) is 0 Å². The van der Waals surface area contributed by atoms with E-state index in [1.807, 2.05) is 0 Å². The van der Waals surface area contributed by atoms with Gasteiger partial charge in [-0.25, -0.2) is 4.79 Å². The summed E-state index contributed by atoms with van der Waals surface area (Å²) in [7, 11) is 0. The Kier molecular flexibility index (Phi) is 15.0. The average molecular weight is 328 g/mol. The molecule has 0 bridgehead atoms. The number of hydrogen-bond acceptors (Lipinski definition) is 4. The first-order valence-electron chi connectivity index (χ1n) is 9.31. The van der Waals surface area contributed by atoms with E-state index in [1.54, 1.807) is 6.92 Å². The third-order valence-corrected chi connectivity index (χ3v) is 3.86. The molecule has 0 spiro atoms. The van der Waals surface area contributed by atoms with Crippen molar-refractivity contribution in [3.8, 4) is 0 Å². The van der Waals surface area contributed by atoms with Crippen LogP contribution >= 0.6 is 0 Å². The standard InChI is InChI=1S/C18H36N2O3/c1-3-5-6-7-8-9-10-14-17(21)20-16(13-11-12-15-19)18(22)23-4-2/h16H,3-15,19H2,1-2H3,(H,20,21)/t16-/m0/s1. The van der Waals surface area contributed by atoms with Crippen molar-refractivity contribution in [3.05, 3.63) is 0 Å². The molecule has 0 aliphatic heterocycles. The van der Waals surface area contributed by atoms with Crippen LogP contribution in [0.1, 0.15) is 84.5 Å². The molecule has 0 saturated heterocycles. The van der Waals surface area contributed by atoms with Gasteiger partial charge in [0.05, 0.1) is 6.61 Å². The lowest BCUT2D eigenvalue weighted by atomic mass is 10.1. The molecule has 0 aromatic rings. The van der Waals surface area contributed by atoms with E-state index in [4.69, 9.17) is 10.5 Å². The summed E-state index contributed by atoms with van der Waals surface area (Å²) in [4.78, 5) is 23.9. The van der Waals surface area contributed by atoms with Gasteiger partial charge in [-0.1, -0.05) is 45.4 Å². The Morgan fingerprint density at radius 2 is 1.61 bits per heavy atom. The van der Waals surface area contributed by atoms with Crippen molar-refractivity contribution in [2.24, 2.45) is 5.73 Å². The zero-order valence-corrected chi connectivity index (χ0v) is 15.1. The van der Waals surface area contributed by atoms with E-state index >= 15 is 0 Å². The van der Waals surface area contributed by atoms with Crippen LogP contribution in [-0.2, 0) is 14.3 Å². The van der Waals surface area contributed by atoms with Gasteiger partial charge < -0.3 is 15.8 Å². The van der Waals surface area contributed by atoms with Crippen molar-refractivity contribution in [1.82, 2.24) is 5.32 Å². The van der Waals surface area contributed by atoms with Gasteiger partial charge in [0.2, 0.25) is 5.91 Å². The predicted octanol–water partition coefficient (Wildman–Crippen LogP) is 3.30. The topological polar surface area (TPSA) is 81.4 Å². The molecule has 0 radical (unpaired) electrons. The Balaban J connectivity index is 3.94. The summed E-state index contributed by atoms with van der Waals surface area (Å²) >= 11 is 0. The second-order valence-electron chi connectivity index (χ2n) is 6.03. The van der Waals surface area contributed by atoms with Gasteiger partial charge in [0.25, 0.3) is 0 Å². The van der Waals surface area contributed by atoms with E-state index in [1.165, 1.54) is 32.1 Å². The average Bonchev–Trinajstić information content (AvgIpc) is 2.53. The molecule has 5 nitrogen and oxygen atoms in total. The van der Waals surface area contributed by atoms with Crippen LogP contribution in [0.3, 0.4) is 0 Å². The molecule has 0 unspecified atom stereocenters. The summed E-state index contributed by atoms with van der Waals surface area (Å²) in [6.45, 7) is 4.91. The molecule has 0 saturated carbocycles. The number of nitrogens with one attached hydrogen (secondary N) is 1. The summed E-state index contributed by atoms with van der Waals surface area (Å²) in [5.41, 5.74) is 5.47. The first kappa shape index (κ1) is 21.9. The van der Waals surface area contributed by atoms with Gasteiger partial charge in [0.1, 0.15) is 6.04 Å². The number of nitrogens with two attached hydrogens (primary N) is 1. The van der Waals surface area contributed by atoms with E-state index in [2.05, 4.69) is 12.2 Å². The lowest BCUT2D eigenvalue weighted by Crippen LogP contribution is -2.41. The molecule has 0 aromatic carbocycles. The van der Waals surface area contributed by atoms with Crippen molar-refractivity contribution in [1.29, 1.82) is 0 Å². The highest BCUT2D eigenvalue weighted by atomic mass is 16.5. The molecule has 1 atom stereocenters. The van der Waals surface area contributed by atoms with Gasteiger partial charge in [-0.3, -0.25) is 4.79 Å². The molecule has 0 aromatic heterocycles. The predicted molar refractivity (Wildman–Crippen MR) is 94.1 cm³/mol. The zero-order chi connectivity index (χ0) is 17.3. The molecule has 3 N–H and O–H groups in total. The van der Waals surface area contributed by atoms with E-state index in [0.29, 0.717) is 26.0 Å². The number of ether oxygens (including phenoxy) is 1. The minimum absolute atomic E-state index is 0.0515. The molecule has 1 amide bonds. The van der Waals surface area contributed by atoms with Crippen LogP contribution in [-0.4, -0.2) is 31.1 Å². The Morgan fingerprint density at radius 3 is 2.22 bits per heavy atom. The molecule has 0 fully saturated rings. The van der Waals surface area contributed by atoms with Crippen LogP contribution in [0.2, 0.25) is 0 Å². The van der Waals surface area contributed by atoms with Crippen molar-refractivity contribution >= 4 is 11.9 Å². The van der Waals surface area contributed by atoms with Crippen LogP contribution in [0.25, 0.3) is 0 Å².